The summed E-state index contributed by atoms with van der Waals surface area (Å²) in [6.45, 7) is 0.00996. The maximum Gasteiger partial charge on any atom is 0.269 e. The van der Waals surface area contributed by atoms with Gasteiger partial charge in [0.25, 0.3) is 5.69 Å². The van der Waals surface area contributed by atoms with E-state index in [2.05, 4.69) is 5.32 Å². The quantitative estimate of drug-likeness (QED) is 0.388. The molecule has 0 amide bonds. The molecule has 100 valence electrons. The van der Waals surface area contributed by atoms with E-state index >= 15 is 0 Å². The first-order chi connectivity index (χ1) is 8.54. The molecule has 0 aliphatic carbocycles. The summed E-state index contributed by atoms with van der Waals surface area (Å²) in [5.41, 5.74) is 0.515. The van der Waals surface area contributed by atoms with Crippen LogP contribution in [0.25, 0.3) is 0 Å². The van der Waals surface area contributed by atoms with E-state index in [0.717, 1.165) is 0 Å². The van der Waals surface area contributed by atoms with Crippen molar-refractivity contribution in [3.63, 3.8) is 0 Å². The number of nitro groups is 1. The Hall–Kier alpha value is -1.54. The minimum atomic E-state index is -0.867. The number of aliphatic hydroxyl groups is 3. The van der Waals surface area contributed by atoms with Crippen molar-refractivity contribution in [1.29, 1.82) is 0 Å². The minimum Gasteiger partial charge on any atom is -0.394 e. The third-order valence-electron chi connectivity index (χ3n) is 2.42. The van der Waals surface area contributed by atoms with Crippen LogP contribution in [0.2, 0.25) is 0 Å². The summed E-state index contributed by atoms with van der Waals surface area (Å²) >= 11 is 0. The van der Waals surface area contributed by atoms with Gasteiger partial charge in [-0.2, -0.15) is 0 Å². The molecular formula is C11H16N2O5. The molecule has 1 aromatic carbocycles. The average Bonchev–Trinajstić information content (AvgIpc) is 2.38. The molecular weight excluding hydrogens is 240 g/mol. The highest BCUT2D eigenvalue weighted by molar-refractivity contribution is 5.33. The van der Waals surface area contributed by atoms with E-state index < -0.39 is 17.1 Å². The van der Waals surface area contributed by atoms with Crippen LogP contribution in [0.1, 0.15) is 11.7 Å². The molecule has 0 bridgehead atoms. The summed E-state index contributed by atoms with van der Waals surface area (Å²) in [5.74, 6) is 0. The second-order valence-electron chi connectivity index (χ2n) is 3.86. The van der Waals surface area contributed by atoms with Crippen molar-refractivity contribution in [3.05, 3.63) is 39.9 Å². The SMILES string of the molecule is O=[N+]([O-])c1ccc([C@@H](O)CNC[C@@H](O)CO)cc1. The van der Waals surface area contributed by atoms with E-state index in [-0.39, 0.29) is 25.4 Å². The summed E-state index contributed by atoms with van der Waals surface area (Å²) in [6, 6.07) is 5.60. The molecule has 0 saturated heterocycles. The number of non-ortho nitro benzene ring substituents is 1. The zero-order valence-electron chi connectivity index (χ0n) is 9.69. The van der Waals surface area contributed by atoms with Crippen LogP contribution in [0, 0.1) is 10.1 Å². The van der Waals surface area contributed by atoms with Crippen LogP contribution in [0.5, 0.6) is 0 Å². The van der Waals surface area contributed by atoms with E-state index in [1.54, 1.807) is 0 Å². The summed E-state index contributed by atoms with van der Waals surface area (Å²) in [6.07, 6.45) is -1.69. The lowest BCUT2D eigenvalue weighted by Gasteiger charge is -2.13. The third kappa shape index (κ3) is 4.38. The second-order valence-corrected chi connectivity index (χ2v) is 3.86. The van der Waals surface area contributed by atoms with Crippen LogP contribution in [0.4, 0.5) is 5.69 Å². The topological polar surface area (TPSA) is 116 Å². The van der Waals surface area contributed by atoms with Crippen molar-refractivity contribution in [2.75, 3.05) is 19.7 Å². The van der Waals surface area contributed by atoms with Crippen LogP contribution < -0.4 is 5.32 Å². The normalized spacial score (nSPS) is 14.2. The van der Waals surface area contributed by atoms with E-state index in [1.807, 2.05) is 0 Å². The minimum absolute atomic E-state index is 0.0328. The first kappa shape index (κ1) is 14.5. The van der Waals surface area contributed by atoms with Crippen LogP contribution in [-0.4, -0.2) is 46.0 Å². The molecule has 7 nitrogen and oxygen atoms in total. The lowest BCUT2D eigenvalue weighted by Crippen LogP contribution is -2.32. The van der Waals surface area contributed by atoms with E-state index in [4.69, 9.17) is 10.2 Å². The first-order valence-electron chi connectivity index (χ1n) is 5.46. The van der Waals surface area contributed by atoms with Gasteiger partial charge in [0.1, 0.15) is 0 Å². The Balaban J connectivity index is 2.46. The fourth-order valence-electron chi connectivity index (χ4n) is 1.39. The highest BCUT2D eigenvalue weighted by atomic mass is 16.6. The van der Waals surface area contributed by atoms with Gasteiger partial charge in [-0.15, -0.1) is 0 Å². The zero-order valence-corrected chi connectivity index (χ0v) is 9.69. The number of nitrogens with zero attached hydrogens (tertiary/aromatic N) is 1. The Labute approximate surface area is 104 Å². The number of hydrogen-bond donors (Lipinski definition) is 4. The first-order valence-corrected chi connectivity index (χ1v) is 5.46. The summed E-state index contributed by atoms with van der Waals surface area (Å²) < 4.78 is 0. The standard InChI is InChI=1S/C11H16N2O5/c14-7-10(15)5-12-6-11(16)8-1-3-9(4-2-8)13(17)18/h1-4,10-12,14-16H,5-7H2/t10-,11+/m1/s1. The van der Waals surface area contributed by atoms with E-state index in [1.165, 1.54) is 24.3 Å². The third-order valence-corrected chi connectivity index (χ3v) is 2.42. The van der Waals surface area contributed by atoms with Crippen molar-refractivity contribution < 1.29 is 20.2 Å². The molecule has 0 aromatic heterocycles. The summed E-state index contributed by atoms with van der Waals surface area (Å²) in [7, 11) is 0. The number of hydrogen-bond acceptors (Lipinski definition) is 6. The van der Waals surface area contributed by atoms with Gasteiger partial charge in [0, 0.05) is 25.2 Å². The predicted octanol–water partition coefficient (Wildman–Crippen LogP) is -0.429. The largest absolute Gasteiger partial charge is 0.394 e. The zero-order chi connectivity index (χ0) is 13.5. The molecule has 0 spiro atoms. The second kappa shape index (κ2) is 7.02. The molecule has 0 aliphatic heterocycles. The fraction of sp³-hybridized carbons (Fsp3) is 0.455. The lowest BCUT2D eigenvalue weighted by atomic mass is 10.1. The number of nitro benzene ring substituents is 1. The molecule has 7 heteroatoms. The smallest absolute Gasteiger partial charge is 0.269 e. The van der Waals surface area contributed by atoms with Crippen LogP contribution in [-0.2, 0) is 0 Å². The molecule has 1 aromatic rings. The number of nitrogens with one attached hydrogen (secondary N) is 1. The Morgan fingerprint density at radius 2 is 1.83 bits per heavy atom. The fourth-order valence-corrected chi connectivity index (χ4v) is 1.39. The maximum absolute atomic E-state index is 10.4. The van der Waals surface area contributed by atoms with Crippen molar-refractivity contribution in [2.24, 2.45) is 0 Å². The van der Waals surface area contributed by atoms with Gasteiger partial charge >= 0.3 is 0 Å². The summed E-state index contributed by atoms with van der Waals surface area (Å²) in [5, 5.41) is 40.6. The van der Waals surface area contributed by atoms with Gasteiger partial charge in [-0.1, -0.05) is 0 Å². The Bertz CT molecular complexity index is 382. The monoisotopic (exact) mass is 256 g/mol. The number of benzene rings is 1. The molecule has 0 fully saturated rings. The van der Waals surface area contributed by atoms with Gasteiger partial charge < -0.3 is 20.6 Å². The molecule has 1 rings (SSSR count). The predicted molar refractivity (Wildman–Crippen MR) is 64.0 cm³/mol. The molecule has 0 saturated carbocycles. The van der Waals surface area contributed by atoms with E-state index in [9.17, 15) is 15.2 Å². The average molecular weight is 256 g/mol. The van der Waals surface area contributed by atoms with Crippen LogP contribution >= 0.6 is 0 Å². The molecule has 0 unspecified atom stereocenters. The van der Waals surface area contributed by atoms with Crippen molar-refractivity contribution >= 4 is 5.69 Å². The van der Waals surface area contributed by atoms with Gasteiger partial charge in [0.2, 0.25) is 0 Å². The molecule has 4 N–H and O–H groups in total. The van der Waals surface area contributed by atoms with Crippen LogP contribution in [0.3, 0.4) is 0 Å². The van der Waals surface area contributed by atoms with Crippen LogP contribution in [0.15, 0.2) is 24.3 Å². The molecule has 18 heavy (non-hydrogen) atoms. The molecule has 2 atom stereocenters. The van der Waals surface area contributed by atoms with Gasteiger partial charge in [0.05, 0.1) is 23.7 Å². The van der Waals surface area contributed by atoms with Crippen molar-refractivity contribution in [1.82, 2.24) is 5.32 Å². The van der Waals surface area contributed by atoms with Crippen molar-refractivity contribution in [2.45, 2.75) is 12.2 Å². The van der Waals surface area contributed by atoms with Gasteiger partial charge in [0.15, 0.2) is 0 Å². The lowest BCUT2D eigenvalue weighted by molar-refractivity contribution is -0.384. The van der Waals surface area contributed by atoms with Gasteiger partial charge in [-0.05, 0) is 17.7 Å². The van der Waals surface area contributed by atoms with Crippen molar-refractivity contribution in [3.8, 4) is 0 Å². The highest BCUT2D eigenvalue weighted by Gasteiger charge is 2.10. The Morgan fingerprint density at radius 3 is 2.33 bits per heavy atom. The molecule has 0 aliphatic rings. The van der Waals surface area contributed by atoms with Gasteiger partial charge in [-0.25, -0.2) is 0 Å². The maximum atomic E-state index is 10.4. The van der Waals surface area contributed by atoms with E-state index in [0.29, 0.717) is 5.56 Å². The highest BCUT2D eigenvalue weighted by Crippen LogP contribution is 2.17. The Morgan fingerprint density at radius 1 is 1.22 bits per heavy atom. The van der Waals surface area contributed by atoms with Gasteiger partial charge in [-0.3, -0.25) is 10.1 Å². The number of aliphatic hydroxyl groups excluding tert-OH is 3. The molecule has 0 radical (unpaired) electrons. The molecule has 0 heterocycles. The number of rotatable bonds is 7. The summed E-state index contributed by atoms with van der Waals surface area (Å²) in [4.78, 5) is 9.93. The Kier molecular flexibility index (Phi) is 5.66.